The maximum absolute atomic E-state index is 8.76. The first kappa shape index (κ1) is 11.1. The fourth-order valence-corrected chi connectivity index (χ4v) is 1.54. The molecule has 5 heteroatoms. The van der Waals surface area contributed by atoms with Crippen LogP contribution in [-0.4, -0.2) is 28.5 Å². The molecule has 0 bridgehead atoms. The van der Waals surface area contributed by atoms with Gasteiger partial charge < -0.3 is 9.88 Å². The van der Waals surface area contributed by atoms with Crippen molar-refractivity contribution in [1.82, 2.24) is 15.0 Å². The predicted octanol–water partition coefficient (Wildman–Crippen LogP) is 1.36. The third kappa shape index (κ3) is 2.82. The molecule has 0 fully saturated rings. The van der Waals surface area contributed by atoms with Gasteiger partial charge in [-0.3, -0.25) is 0 Å². The third-order valence-electron chi connectivity index (χ3n) is 2.54. The van der Waals surface area contributed by atoms with Gasteiger partial charge in [0, 0.05) is 38.0 Å². The zero-order valence-electron chi connectivity index (χ0n) is 9.59. The standard InChI is InChI=1S/C12H13N5/c1-17(6-4-10-3-2-5-14-10)12-7-11(8-13)15-9-16-12/h2-3,5,7,9,14H,4,6H2,1H3. The topological polar surface area (TPSA) is 68.6 Å². The second-order valence-corrected chi connectivity index (χ2v) is 3.74. The Balaban J connectivity index is 1.99. The van der Waals surface area contributed by atoms with Gasteiger partial charge in [0.05, 0.1) is 0 Å². The third-order valence-corrected chi connectivity index (χ3v) is 2.54. The average Bonchev–Trinajstić information content (AvgIpc) is 2.89. The van der Waals surface area contributed by atoms with Crippen molar-refractivity contribution >= 4 is 5.82 Å². The summed E-state index contributed by atoms with van der Waals surface area (Å²) in [4.78, 5) is 13.1. The molecule has 0 unspecified atom stereocenters. The summed E-state index contributed by atoms with van der Waals surface area (Å²) in [5, 5.41) is 8.76. The Bertz CT molecular complexity index is 512. The second-order valence-electron chi connectivity index (χ2n) is 3.74. The normalized spacial score (nSPS) is 9.88. The molecule has 0 aromatic carbocycles. The molecule has 0 aliphatic carbocycles. The minimum Gasteiger partial charge on any atom is -0.365 e. The Morgan fingerprint density at radius 2 is 2.35 bits per heavy atom. The first-order valence-electron chi connectivity index (χ1n) is 5.35. The summed E-state index contributed by atoms with van der Waals surface area (Å²) < 4.78 is 0. The van der Waals surface area contributed by atoms with Gasteiger partial charge in [-0.1, -0.05) is 0 Å². The molecule has 5 nitrogen and oxygen atoms in total. The first-order valence-corrected chi connectivity index (χ1v) is 5.35. The lowest BCUT2D eigenvalue weighted by Crippen LogP contribution is -2.21. The molecule has 0 saturated carbocycles. The van der Waals surface area contributed by atoms with Crippen LogP contribution in [0, 0.1) is 11.3 Å². The van der Waals surface area contributed by atoms with Gasteiger partial charge in [0.15, 0.2) is 0 Å². The van der Waals surface area contributed by atoms with Crippen LogP contribution in [0.2, 0.25) is 0 Å². The highest BCUT2D eigenvalue weighted by atomic mass is 15.2. The summed E-state index contributed by atoms with van der Waals surface area (Å²) in [7, 11) is 1.95. The van der Waals surface area contributed by atoms with E-state index in [1.807, 2.05) is 30.3 Å². The number of anilines is 1. The molecule has 2 heterocycles. The van der Waals surface area contributed by atoms with Crippen molar-refractivity contribution < 1.29 is 0 Å². The van der Waals surface area contributed by atoms with E-state index in [1.54, 1.807) is 6.07 Å². The monoisotopic (exact) mass is 227 g/mol. The molecule has 1 N–H and O–H groups in total. The van der Waals surface area contributed by atoms with Gasteiger partial charge in [-0.25, -0.2) is 9.97 Å². The van der Waals surface area contributed by atoms with Crippen LogP contribution in [0.1, 0.15) is 11.4 Å². The zero-order valence-corrected chi connectivity index (χ0v) is 9.59. The van der Waals surface area contributed by atoms with Crippen LogP contribution in [0.25, 0.3) is 0 Å². The Morgan fingerprint density at radius 3 is 3.06 bits per heavy atom. The zero-order chi connectivity index (χ0) is 12.1. The highest BCUT2D eigenvalue weighted by molar-refractivity contribution is 5.41. The molecule has 0 atom stereocenters. The van der Waals surface area contributed by atoms with Crippen LogP contribution in [0.5, 0.6) is 0 Å². The SMILES string of the molecule is CN(CCc1ccc[nH]1)c1cc(C#N)ncn1. The molecule has 2 aromatic rings. The van der Waals surface area contributed by atoms with E-state index in [1.165, 1.54) is 12.0 Å². The van der Waals surface area contributed by atoms with Crippen molar-refractivity contribution in [1.29, 1.82) is 5.26 Å². The lowest BCUT2D eigenvalue weighted by Gasteiger charge is -2.17. The molecule has 0 amide bonds. The molecule has 0 aliphatic heterocycles. The van der Waals surface area contributed by atoms with Gasteiger partial charge >= 0.3 is 0 Å². The Morgan fingerprint density at radius 1 is 1.47 bits per heavy atom. The molecule has 17 heavy (non-hydrogen) atoms. The van der Waals surface area contributed by atoms with E-state index in [2.05, 4.69) is 21.0 Å². The summed E-state index contributed by atoms with van der Waals surface area (Å²) in [5.74, 6) is 0.767. The summed E-state index contributed by atoms with van der Waals surface area (Å²) >= 11 is 0. The van der Waals surface area contributed by atoms with Crippen molar-refractivity contribution in [2.75, 3.05) is 18.5 Å². The highest BCUT2D eigenvalue weighted by Gasteiger charge is 2.04. The van der Waals surface area contributed by atoms with Crippen molar-refractivity contribution in [2.45, 2.75) is 6.42 Å². The van der Waals surface area contributed by atoms with E-state index < -0.39 is 0 Å². The Hall–Kier alpha value is -2.35. The van der Waals surface area contributed by atoms with Crippen molar-refractivity contribution in [3.63, 3.8) is 0 Å². The molecule has 2 rings (SSSR count). The number of aromatic nitrogens is 3. The van der Waals surface area contributed by atoms with Crippen LogP contribution in [0.3, 0.4) is 0 Å². The van der Waals surface area contributed by atoms with Gasteiger partial charge in [0.2, 0.25) is 0 Å². The maximum atomic E-state index is 8.76. The van der Waals surface area contributed by atoms with E-state index in [0.717, 1.165) is 18.8 Å². The Labute approximate surface area is 99.7 Å². The number of likely N-dealkylation sites (N-methyl/N-ethyl adjacent to an activating group) is 1. The molecular weight excluding hydrogens is 214 g/mol. The summed E-state index contributed by atoms with van der Waals surface area (Å²) in [6.45, 7) is 0.836. The summed E-state index contributed by atoms with van der Waals surface area (Å²) in [6.07, 6.45) is 4.24. The number of hydrogen-bond donors (Lipinski definition) is 1. The summed E-state index contributed by atoms with van der Waals surface area (Å²) in [6, 6.07) is 7.73. The number of H-pyrrole nitrogens is 1. The number of nitrogens with one attached hydrogen (secondary N) is 1. The van der Waals surface area contributed by atoms with Crippen LogP contribution >= 0.6 is 0 Å². The van der Waals surface area contributed by atoms with E-state index in [-0.39, 0.29) is 0 Å². The van der Waals surface area contributed by atoms with Crippen LogP contribution in [-0.2, 0) is 6.42 Å². The quantitative estimate of drug-likeness (QED) is 0.856. The fourth-order valence-electron chi connectivity index (χ4n) is 1.54. The van der Waals surface area contributed by atoms with Gasteiger partial charge in [-0.15, -0.1) is 0 Å². The lowest BCUT2D eigenvalue weighted by molar-refractivity contribution is 0.840. The molecule has 2 aromatic heterocycles. The van der Waals surface area contributed by atoms with Gasteiger partial charge in [0.1, 0.15) is 23.9 Å². The number of hydrogen-bond acceptors (Lipinski definition) is 4. The summed E-state index contributed by atoms with van der Waals surface area (Å²) in [5.41, 5.74) is 1.58. The van der Waals surface area contributed by atoms with Crippen molar-refractivity contribution in [2.24, 2.45) is 0 Å². The number of nitrogens with zero attached hydrogens (tertiary/aromatic N) is 4. The molecule has 0 radical (unpaired) electrons. The molecular formula is C12H13N5. The van der Waals surface area contributed by atoms with Gasteiger partial charge in [0.25, 0.3) is 0 Å². The van der Waals surface area contributed by atoms with Crippen molar-refractivity contribution in [3.8, 4) is 6.07 Å². The maximum Gasteiger partial charge on any atom is 0.145 e. The van der Waals surface area contributed by atoms with Crippen LogP contribution in [0.15, 0.2) is 30.7 Å². The minimum absolute atomic E-state index is 0.390. The van der Waals surface area contributed by atoms with Crippen molar-refractivity contribution in [3.05, 3.63) is 42.1 Å². The highest BCUT2D eigenvalue weighted by Crippen LogP contribution is 2.09. The molecule has 0 aliphatic rings. The van der Waals surface area contributed by atoms with Gasteiger partial charge in [-0.2, -0.15) is 5.26 Å². The number of nitriles is 1. The molecule has 0 saturated heterocycles. The number of aromatic amines is 1. The lowest BCUT2D eigenvalue weighted by atomic mass is 10.3. The van der Waals surface area contributed by atoms with E-state index in [9.17, 15) is 0 Å². The number of rotatable bonds is 4. The smallest absolute Gasteiger partial charge is 0.145 e. The Kier molecular flexibility index (Phi) is 3.36. The largest absolute Gasteiger partial charge is 0.365 e. The first-order chi connectivity index (χ1) is 8.29. The molecule has 0 spiro atoms. The van der Waals surface area contributed by atoms with E-state index >= 15 is 0 Å². The average molecular weight is 227 g/mol. The molecule has 86 valence electrons. The minimum atomic E-state index is 0.390. The fraction of sp³-hybridized carbons (Fsp3) is 0.250. The van der Waals surface area contributed by atoms with Gasteiger partial charge in [-0.05, 0) is 12.1 Å². The van der Waals surface area contributed by atoms with Crippen LogP contribution in [0.4, 0.5) is 5.82 Å². The predicted molar refractivity (Wildman–Crippen MR) is 64.5 cm³/mol. The van der Waals surface area contributed by atoms with E-state index in [0.29, 0.717) is 5.69 Å². The second kappa shape index (κ2) is 5.12. The van der Waals surface area contributed by atoms with E-state index in [4.69, 9.17) is 5.26 Å². The van der Waals surface area contributed by atoms with Crippen LogP contribution < -0.4 is 4.90 Å².